The molecule has 27 heavy (non-hydrogen) atoms. The lowest BCUT2D eigenvalue weighted by molar-refractivity contribution is 0.120. The number of aliphatic imine (C=N–C) groups is 1. The monoisotopic (exact) mass is 468 g/mol. The number of fused-ring (bicyclic) bond motifs is 1. The number of halogens is 1. The quantitative estimate of drug-likeness (QED) is 0.358. The third kappa shape index (κ3) is 3.78. The highest BCUT2D eigenvalue weighted by Crippen LogP contribution is 2.33. The summed E-state index contributed by atoms with van der Waals surface area (Å²) in [6.45, 7) is 2.83. The molecule has 0 aliphatic carbocycles. The summed E-state index contributed by atoms with van der Waals surface area (Å²) in [5.41, 5.74) is 1.93. The number of hydrogen-bond donors (Lipinski definition) is 0. The Morgan fingerprint density at radius 2 is 2.00 bits per heavy atom. The molecule has 0 saturated carbocycles. The summed E-state index contributed by atoms with van der Waals surface area (Å²) in [4.78, 5) is 13.2. The van der Waals surface area contributed by atoms with E-state index >= 15 is 0 Å². The lowest BCUT2D eigenvalue weighted by Gasteiger charge is -2.40. The second-order valence-corrected chi connectivity index (χ2v) is 8.90. The van der Waals surface area contributed by atoms with E-state index in [1.165, 1.54) is 0 Å². The normalized spacial score (nSPS) is 24.3. The molecule has 0 amide bonds. The van der Waals surface area contributed by atoms with Crippen molar-refractivity contribution in [1.82, 2.24) is 14.8 Å². The molecule has 2 fully saturated rings. The van der Waals surface area contributed by atoms with Gasteiger partial charge in [-0.1, -0.05) is 32.6 Å². The van der Waals surface area contributed by atoms with E-state index in [9.17, 15) is 5.26 Å². The van der Waals surface area contributed by atoms with Gasteiger partial charge in [-0.15, -0.1) is 0 Å². The number of nitriles is 2. The van der Waals surface area contributed by atoms with E-state index in [1.807, 2.05) is 0 Å². The van der Waals surface area contributed by atoms with Crippen LogP contribution in [0.2, 0.25) is 0 Å². The molecule has 7 heteroatoms. The summed E-state index contributed by atoms with van der Waals surface area (Å²) in [6.07, 6.45) is 7.20. The summed E-state index contributed by atoms with van der Waals surface area (Å²) in [5.74, 6) is 6.58. The van der Waals surface area contributed by atoms with Crippen molar-refractivity contribution in [2.45, 2.75) is 24.9 Å². The molecule has 0 bridgehead atoms. The van der Waals surface area contributed by atoms with Crippen molar-refractivity contribution in [1.29, 1.82) is 10.5 Å². The zero-order valence-electron chi connectivity index (χ0n) is 14.6. The SMILES string of the molecule is N#CC1=C(N2CCN3[C@@H](CC[C@@H]3C#Cc3cncc(C#N)c3)C2)I=CC=N1. The van der Waals surface area contributed by atoms with Crippen molar-refractivity contribution in [3.8, 4) is 24.0 Å². The predicted octanol–water partition coefficient (Wildman–Crippen LogP) is 2.00. The fourth-order valence-corrected chi connectivity index (χ4v) is 5.76. The van der Waals surface area contributed by atoms with Gasteiger partial charge in [-0.25, -0.2) is 4.99 Å². The summed E-state index contributed by atoms with van der Waals surface area (Å²) in [7, 11) is 0. The number of allylic oxidation sites excluding steroid dienone is 1. The van der Waals surface area contributed by atoms with Crippen LogP contribution in [0.25, 0.3) is 0 Å². The van der Waals surface area contributed by atoms with Crippen molar-refractivity contribution >= 4 is 31.0 Å². The molecule has 4 rings (SSSR count). The average molecular weight is 468 g/mol. The Labute approximate surface area is 168 Å². The highest BCUT2D eigenvalue weighted by Gasteiger charge is 2.37. The molecule has 1 aromatic rings. The van der Waals surface area contributed by atoms with Crippen molar-refractivity contribution in [2.24, 2.45) is 4.99 Å². The Morgan fingerprint density at radius 3 is 2.85 bits per heavy atom. The predicted molar refractivity (Wildman–Crippen MR) is 112 cm³/mol. The van der Waals surface area contributed by atoms with Crippen LogP contribution in [0, 0.1) is 34.5 Å². The minimum absolute atomic E-state index is 0.248. The largest absolute Gasteiger partial charge is 0.362 e. The van der Waals surface area contributed by atoms with E-state index in [0.717, 1.165) is 41.7 Å². The second kappa shape index (κ2) is 8.00. The zero-order chi connectivity index (χ0) is 18.6. The number of pyridine rings is 1. The van der Waals surface area contributed by atoms with Gasteiger partial charge in [0.2, 0.25) is 0 Å². The molecule has 4 heterocycles. The maximum atomic E-state index is 9.34. The maximum Gasteiger partial charge on any atom is 0.169 e. The van der Waals surface area contributed by atoms with E-state index in [0.29, 0.717) is 17.3 Å². The molecular weight excluding hydrogens is 451 g/mol. The molecule has 0 unspecified atom stereocenters. The van der Waals surface area contributed by atoms with Crippen LogP contribution in [0.5, 0.6) is 0 Å². The van der Waals surface area contributed by atoms with Gasteiger partial charge in [0.25, 0.3) is 0 Å². The van der Waals surface area contributed by atoms with Crippen molar-refractivity contribution in [3.63, 3.8) is 0 Å². The van der Waals surface area contributed by atoms with Crippen LogP contribution in [0.4, 0.5) is 0 Å². The summed E-state index contributed by atoms with van der Waals surface area (Å²) in [6, 6.07) is 6.86. The molecule has 0 N–H and O–H groups in total. The molecule has 3 aliphatic heterocycles. The molecule has 2 atom stereocenters. The molecule has 1 aromatic heterocycles. The van der Waals surface area contributed by atoms with Crippen LogP contribution >= 0.6 is 20.7 Å². The van der Waals surface area contributed by atoms with Crippen molar-refractivity contribution in [2.75, 3.05) is 19.6 Å². The third-order valence-electron chi connectivity index (χ3n) is 4.96. The Morgan fingerprint density at radius 1 is 1.11 bits per heavy atom. The summed E-state index contributed by atoms with van der Waals surface area (Å²) in [5, 5.41) is 18.3. The minimum atomic E-state index is -0.267. The average Bonchev–Trinajstić information content (AvgIpc) is 3.14. The summed E-state index contributed by atoms with van der Waals surface area (Å²) < 4.78 is 3.28. The maximum absolute atomic E-state index is 9.34. The highest BCUT2D eigenvalue weighted by molar-refractivity contribution is 14.2. The van der Waals surface area contributed by atoms with Crippen LogP contribution in [0.15, 0.2) is 32.9 Å². The minimum Gasteiger partial charge on any atom is -0.362 e. The first-order valence-electron chi connectivity index (χ1n) is 8.79. The molecule has 0 spiro atoms. The van der Waals surface area contributed by atoms with Gasteiger partial charge in [-0.2, -0.15) is 10.5 Å². The lowest BCUT2D eigenvalue weighted by Crippen LogP contribution is -2.51. The fraction of sp³-hybridized carbons (Fsp3) is 0.350. The molecule has 0 radical (unpaired) electrons. The third-order valence-corrected chi connectivity index (χ3v) is 7.42. The Balaban J connectivity index is 1.46. The van der Waals surface area contributed by atoms with Crippen LogP contribution in [0.1, 0.15) is 24.0 Å². The Kier molecular flexibility index (Phi) is 5.29. The molecule has 134 valence electrons. The Hall–Kier alpha value is -2.54. The fourth-order valence-electron chi connectivity index (χ4n) is 3.71. The molecule has 0 aromatic carbocycles. The van der Waals surface area contributed by atoms with E-state index in [-0.39, 0.29) is 26.8 Å². The van der Waals surface area contributed by atoms with Gasteiger partial charge in [-0.05, 0) is 22.9 Å². The van der Waals surface area contributed by atoms with Crippen LogP contribution in [-0.2, 0) is 0 Å². The van der Waals surface area contributed by atoms with Crippen LogP contribution in [-0.4, -0.2) is 56.7 Å². The topological polar surface area (TPSA) is 79.3 Å². The summed E-state index contributed by atoms with van der Waals surface area (Å²) >= 11 is -0.267. The molecule has 6 nitrogen and oxygen atoms in total. The number of aromatic nitrogens is 1. The second-order valence-electron chi connectivity index (χ2n) is 6.54. The van der Waals surface area contributed by atoms with Crippen molar-refractivity contribution < 1.29 is 0 Å². The zero-order valence-corrected chi connectivity index (χ0v) is 16.8. The van der Waals surface area contributed by atoms with Gasteiger partial charge in [0.15, 0.2) is 5.70 Å². The first kappa shape index (κ1) is 17.9. The van der Waals surface area contributed by atoms with Gasteiger partial charge in [0.05, 0.1) is 11.6 Å². The molecular formula is C20H17IN6. The van der Waals surface area contributed by atoms with E-state index in [4.69, 9.17) is 5.26 Å². The van der Waals surface area contributed by atoms with Gasteiger partial charge in [0.1, 0.15) is 15.8 Å². The molecule has 3 aliphatic rings. The number of hydrogen-bond acceptors (Lipinski definition) is 6. The lowest BCUT2D eigenvalue weighted by atomic mass is 10.1. The first-order chi connectivity index (χ1) is 13.3. The number of piperazine rings is 1. The Bertz CT molecular complexity index is 984. The van der Waals surface area contributed by atoms with E-state index < -0.39 is 0 Å². The van der Waals surface area contributed by atoms with Crippen molar-refractivity contribution in [3.05, 3.63) is 39.0 Å². The number of nitrogens with zero attached hydrogens (tertiary/aromatic N) is 6. The van der Waals surface area contributed by atoms with Gasteiger partial charge in [0, 0.05) is 49.8 Å². The van der Waals surface area contributed by atoms with Gasteiger partial charge >= 0.3 is 0 Å². The van der Waals surface area contributed by atoms with E-state index in [1.54, 1.807) is 24.7 Å². The molecule has 2 saturated heterocycles. The van der Waals surface area contributed by atoms with Gasteiger partial charge in [-0.3, -0.25) is 9.88 Å². The highest BCUT2D eigenvalue weighted by atomic mass is 127. The smallest absolute Gasteiger partial charge is 0.169 e. The van der Waals surface area contributed by atoms with E-state index in [2.05, 4.69) is 47.8 Å². The standard InChI is InChI=1S/C20H17IN6/c22-10-16-9-15(12-24-13-16)1-2-17-3-4-18-14-26(7-8-27(17)18)20-19(11-23)25-6-5-21-20/h5-6,9,12-13,17-18H,3-4,7-8,14H2/t17-,18-/m0/s1. The van der Waals surface area contributed by atoms with Gasteiger partial charge < -0.3 is 4.90 Å². The number of rotatable bonds is 1. The van der Waals surface area contributed by atoms with Crippen LogP contribution < -0.4 is 0 Å². The van der Waals surface area contributed by atoms with Crippen LogP contribution in [0.3, 0.4) is 0 Å². The first-order valence-corrected chi connectivity index (χ1v) is 11.1.